The van der Waals surface area contributed by atoms with Gasteiger partial charge in [0.2, 0.25) is 0 Å². The molecule has 0 heterocycles. The third-order valence-corrected chi connectivity index (χ3v) is 2.58. The van der Waals surface area contributed by atoms with E-state index in [0.29, 0.717) is 0 Å². The summed E-state index contributed by atoms with van der Waals surface area (Å²) in [6.45, 7) is 1.95. The molecule has 0 unspecified atom stereocenters. The highest BCUT2D eigenvalue weighted by Gasteiger charge is 2.19. The Kier molecular flexibility index (Phi) is 7.36. The van der Waals surface area contributed by atoms with E-state index in [9.17, 15) is 9.59 Å². The summed E-state index contributed by atoms with van der Waals surface area (Å²) in [6.07, 6.45) is -0.512. The first-order valence-corrected chi connectivity index (χ1v) is 6.65. The van der Waals surface area contributed by atoms with Gasteiger partial charge in [-0.1, -0.05) is 30.3 Å². The molecule has 112 valence electrons. The molecule has 6 heteroatoms. The maximum absolute atomic E-state index is 11.9. The van der Waals surface area contributed by atoms with Gasteiger partial charge in [0.15, 0.2) is 0 Å². The van der Waals surface area contributed by atoms with Gasteiger partial charge < -0.3 is 9.47 Å². The van der Waals surface area contributed by atoms with E-state index < -0.39 is 12.1 Å². The molecule has 0 aliphatic carbocycles. The van der Waals surface area contributed by atoms with Gasteiger partial charge in [0, 0.05) is 6.54 Å². The molecule has 0 saturated heterocycles. The summed E-state index contributed by atoms with van der Waals surface area (Å²) in [7, 11) is 0. The second-order valence-electron chi connectivity index (χ2n) is 4.17. The number of carbonyl (C=O) groups excluding carboxylic acids is 2. The first kappa shape index (κ1) is 16.5. The molecular formula is C15H18N2O4. The minimum Gasteiger partial charge on any atom is -0.465 e. The van der Waals surface area contributed by atoms with Crippen molar-refractivity contribution in [3.8, 4) is 6.07 Å². The van der Waals surface area contributed by atoms with E-state index in [1.54, 1.807) is 6.92 Å². The average Bonchev–Trinajstić information content (AvgIpc) is 2.50. The van der Waals surface area contributed by atoms with Crippen LogP contribution in [0.15, 0.2) is 30.3 Å². The van der Waals surface area contributed by atoms with Gasteiger partial charge in [-0.15, -0.1) is 0 Å². The summed E-state index contributed by atoms with van der Waals surface area (Å²) in [5, 5.41) is 8.60. The zero-order chi connectivity index (χ0) is 15.5. The lowest BCUT2D eigenvalue weighted by Crippen LogP contribution is -2.37. The Bertz CT molecular complexity index is 496. The highest BCUT2D eigenvalue weighted by Crippen LogP contribution is 2.04. The number of amides is 1. The van der Waals surface area contributed by atoms with E-state index in [0.717, 1.165) is 5.56 Å². The standard InChI is InChI=1S/C15H18N2O4/c1-2-20-14(18)11-17(10-6-9-16)15(19)21-12-13-7-4-3-5-8-13/h3-5,7-8H,2,6,10-12H2,1H3. The minimum atomic E-state index is -0.637. The van der Waals surface area contributed by atoms with Gasteiger partial charge in [0.25, 0.3) is 0 Å². The molecule has 0 aromatic heterocycles. The highest BCUT2D eigenvalue weighted by atomic mass is 16.6. The van der Waals surface area contributed by atoms with Gasteiger partial charge in [0.1, 0.15) is 13.2 Å². The number of esters is 1. The molecule has 1 amide bonds. The van der Waals surface area contributed by atoms with E-state index in [2.05, 4.69) is 0 Å². The summed E-state index contributed by atoms with van der Waals surface area (Å²) in [4.78, 5) is 24.6. The van der Waals surface area contributed by atoms with Crippen LogP contribution in [0.25, 0.3) is 0 Å². The lowest BCUT2D eigenvalue weighted by Gasteiger charge is -2.20. The number of nitriles is 1. The van der Waals surface area contributed by atoms with E-state index in [1.165, 1.54) is 4.90 Å². The Balaban J connectivity index is 2.54. The first-order valence-electron chi connectivity index (χ1n) is 6.65. The molecule has 0 N–H and O–H groups in total. The number of benzene rings is 1. The summed E-state index contributed by atoms with van der Waals surface area (Å²) >= 11 is 0. The van der Waals surface area contributed by atoms with Crippen LogP contribution < -0.4 is 0 Å². The third-order valence-electron chi connectivity index (χ3n) is 2.58. The van der Waals surface area contributed by atoms with E-state index in [4.69, 9.17) is 14.7 Å². The number of hydrogen-bond acceptors (Lipinski definition) is 5. The molecule has 1 rings (SSSR count). The van der Waals surface area contributed by atoms with Crippen molar-refractivity contribution in [3.63, 3.8) is 0 Å². The number of rotatable bonds is 7. The van der Waals surface area contributed by atoms with Gasteiger partial charge in [-0.2, -0.15) is 5.26 Å². The van der Waals surface area contributed by atoms with Gasteiger partial charge in [-0.3, -0.25) is 9.69 Å². The topological polar surface area (TPSA) is 79.6 Å². The second-order valence-corrected chi connectivity index (χ2v) is 4.17. The Labute approximate surface area is 123 Å². The lowest BCUT2D eigenvalue weighted by atomic mass is 10.2. The highest BCUT2D eigenvalue weighted by molar-refractivity contribution is 5.78. The van der Waals surface area contributed by atoms with Crippen LogP contribution in [-0.2, 0) is 20.9 Å². The Morgan fingerprint density at radius 2 is 1.95 bits per heavy atom. The zero-order valence-corrected chi connectivity index (χ0v) is 11.9. The minimum absolute atomic E-state index is 0.117. The fourth-order valence-electron chi connectivity index (χ4n) is 1.59. The number of ether oxygens (including phenoxy) is 2. The van der Waals surface area contributed by atoms with Gasteiger partial charge >= 0.3 is 12.1 Å². The second kappa shape index (κ2) is 9.37. The maximum atomic E-state index is 11.9. The fourth-order valence-corrected chi connectivity index (χ4v) is 1.59. The number of nitrogens with zero attached hydrogens (tertiary/aromatic N) is 2. The third kappa shape index (κ3) is 6.43. The molecule has 0 fully saturated rings. The van der Waals surface area contributed by atoms with Crippen LogP contribution in [0.3, 0.4) is 0 Å². The van der Waals surface area contributed by atoms with E-state index in [1.807, 2.05) is 36.4 Å². The largest absolute Gasteiger partial charge is 0.465 e. The van der Waals surface area contributed by atoms with E-state index >= 15 is 0 Å². The van der Waals surface area contributed by atoms with Crippen LogP contribution in [-0.4, -0.2) is 36.7 Å². The molecule has 1 aromatic rings. The van der Waals surface area contributed by atoms with Crippen molar-refractivity contribution < 1.29 is 19.1 Å². The molecular weight excluding hydrogens is 272 g/mol. The zero-order valence-electron chi connectivity index (χ0n) is 11.9. The molecule has 0 radical (unpaired) electrons. The SMILES string of the molecule is CCOC(=O)CN(CCC#N)C(=O)OCc1ccccc1. The Morgan fingerprint density at radius 1 is 1.24 bits per heavy atom. The monoisotopic (exact) mass is 290 g/mol. The molecule has 0 bridgehead atoms. The van der Waals surface area contributed by atoms with Crippen LogP contribution in [0.1, 0.15) is 18.9 Å². The van der Waals surface area contributed by atoms with Gasteiger partial charge in [0.05, 0.1) is 19.1 Å². The fraction of sp³-hybridized carbons (Fsp3) is 0.400. The molecule has 0 saturated carbocycles. The van der Waals surface area contributed by atoms with Crippen LogP contribution in [0.4, 0.5) is 4.79 Å². The van der Waals surface area contributed by atoms with Crippen molar-refractivity contribution >= 4 is 12.1 Å². The normalized spacial score (nSPS) is 9.52. The number of carbonyl (C=O) groups is 2. The molecule has 0 aliphatic rings. The smallest absolute Gasteiger partial charge is 0.410 e. The van der Waals surface area contributed by atoms with Crippen LogP contribution >= 0.6 is 0 Å². The summed E-state index contributed by atoms with van der Waals surface area (Å²) in [6, 6.07) is 11.1. The van der Waals surface area contributed by atoms with Gasteiger partial charge in [-0.25, -0.2) is 4.79 Å². The van der Waals surface area contributed by atoms with Crippen molar-refractivity contribution in [2.45, 2.75) is 20.0 Å². The quantitative estimate of drug-likeness (QED) is 0.718. The summed E-state index contributed by atoms with van der Waals surface area (Å²) in [5.41, 5.74) is 0.849. The maximum Gasteiger partial charge on any atom is 0.410 e. The van der Waals surface area contributed by atoms with Crippen LogP contribution in [0.5, 0.6) is 0 Å². The molecule has 6 nitrogen and oxygen atoms in total. The molecule has 1 aromatic carbocycles. The summed E-state index contributed by atoms with van der Waals surface area (Å²) < 4.78 is 9.93. The predicted molar refractivity (Wildman–Crippen MR) is 75.1 cm³/mol. The van der Waals surface area contributed by atoms with Crippen molar-refractivity contribution in [2.24, 2.45) is 0 Å². The van der Waals surface area contributed by atoms with Crippen molar-refractivity contribution in [2.75, 3.05) is 19.7 Å². The molecule has 0 aliphatic heterocycles. The van der Waals surface area contributed by atoms with Crippen LogP contribution in [0.2, 0.25) is 0 Å². The van der Waals surface area contributed by atoms with Crippen LogP contribution in [0, 0.1) is 11.3 Å². The molecule has 0 atom stereocenters. The summed E-state index contributed by atoms with van der Waals surface area (Å²) in [5.74, 6) is -0.521. The first-order chi connectivity index (χ1) is 10.2. The lowest BCUT2D eigenvalue weighted by molar-refractivity contribution is -0.144. The Hall–Kier alpha value is -2.55. The Morgan fingerprint density at radius 3 is 2.57 bits per heavy atom. The van der Waals surface area contributed by atoms with Crippen molar-refractivity contribution in [3.05, 3.63) is 35.9 Å². The predicted octanol–water partition coefficient (Wildman–Crippen LogP) is 2.10. The molecule has 0 spiro atoms. The van der Waals surface area contributed by atoms with E-state index in [-0.39, 0.29) is 32.7 Å². The molecule has 21 heavy (non-hydrogen) atoms. The van der Waals surface area contributed by atoms with Crippen molar-refractivity contribution in [1.82, 2.24) is 4.90 Å². The van der Waals surface area contributed by atoms with Gasteiger partial charge in [-0.05, 0) is 12.5 Å². The number of hydrogen-bond donors (Lipinski definition) is 0. The van der Waals surface area contributed by atoms with Crippen molar-refractivity contribution in [1.29, 1.82) is 5.26 Å². The average molecular weight is 290 g/mol.